The molecule has 2 atom stereocenters. The maximum Gasteiger partial charge on any atom is 0.407 e. The Balaban J connectivity index is 1.46. The number of hydrogen-bond donors (Lipinski definition) is 3. The number of alkyl carbamates (subject to hydrolysis) is 1. The summed E-state index contributed by atoms with van der Waals surface area (Å²) < 4.78 is 34.8. The van der Waals surface area contributed by atoms with Crippen LogP contribution in [0, 0.1) is 23.5 Å². The van der Waals surface area contributed by atoms with Crippen LogP contribution in [0.15, 0.2) is 42.5 Å². The lowest BCUT2D eigenvalue weighted by atomic mass is 9.81. The molecule has 0 aromatic heterocycles. The van der Waals surface area contributed by atoms with Gasteiger partial charge in [0.05, 0.1) is 11.3 Å². The van der Waals surface area contributed by atoms with Crippen LogP contribution >= 0.6 is 0 Å². The predicted molar refractivity (Wildman–Crippen MR) is 157 cm³/mol. The van der Waals surface area contributed by atoms with Crippen molar-refractivity contribution in [3.05, 3.63) is 65.2 Å². The number of rotatable bonds is 7. The smallest absolute Gasteiger partial charge is 0.407 e. The number of anilines is 1. The summed E-state index contributed by atoms with van der Waals surface area (Å²) in [6.45, 7) is 6.21. The highest BCUT2D eigenvalue weighted by Gasteiger charge is 2.44. The lowest BCUT2D eigenvalue weighted by Gasteiger charge is -2.34. The van der Waals surface area contributed by atoms with Crippen LogP contribution in [0.1, 0.15) is 74.7 Å². The highest BCUT2D eigenvalue weighted by Crippen LogP contribution is 2.38. The Labute approximate surface area is 250 Å². The summed E-state index contributed by atoms with van der Waals surface area (Å²) in [4.78, 5) is 53.0. The summed E-state index contributed by atoms with van der Waals surface area (Å²) in [5.74, 6) is -3.91. The number of nitrogens with zero attached hydrogens (tertiary/aromatic N) is 1. The molecule has 43 heavy (non-hydrogen) atoms. The van der Waals surface area contributed by atoms with Crippen molar-refractivity contribution in [2.75, 3.05) is 25.5 Å². The third-order valence-electron chi connectivity index (χ3n) is 8.09. The number of halogens is 2. The lowest BCUT2D eigenvalue weighted by Crippen LogP contribution is -2.48. The van der Waals surface area contributed by atoms with Crippen molar-refractivity contribution >= 4 is 29.5 Å². The molecule has 0 unspecified atom stereocenters. The standard InChI is InChI=1S/C32H40F2N4O5/c1-32(2,3)43-31(42)36-18-19-10-12-21(13-11-19)30(41)38-15-14-22(20-8-6-5-7-9-20)27(38)29(40)37-26-17-24(33)23(16-25(26)34)28(39)35-4/h5-9,16-17,19,21-22,27H,10-15,18H2,1-4H3,(H,35,39)(H,36,42)(H,37,40)/t19-,21-,22-,27+/m1/s1. The van der Waals surface area contributed by atoms with Crippen LogP contribution in [0.2, 0.25) is 0 Å². The molecule has 2 fully saturated rings. The summed E-state index contributed by atoms with van der Waals surface area (Å²) in [7, 11) is 1.30. The highest BCUT2D eigenvalue weighted by molar-refractivity contribution is 6.00. The molecule has 1 aliphatic heterocycles. The monoisotopic (exact) mass is 598 g/mol. The van der Waals surface area contributed by atoms with E-state index in [0.717, 1.165) is 30.5 Å². The second kappa shape index (κ2) is 13.5. The van der Waals surface area contributed by atoms with Crippen LogP contribution < -0.4 is 16.0 Å². The Morgan fingerprint density at radius 2 is 1.63 bits per heavy atom. The van der Waals surface area contributed by atoms with E-state index in [2.05, 4.69) is 16.0 Å². The fourth-order valence-electron chi connectivity index (χ4n) is 5.96. The molecule has 1 heterocycles. The van der Waals surface area contributed by atoms with Crippen LogP contribution in [-0.4, -0.2) is 60.5 Å². The van der Waals surface area contributed by atoms with Crippen molar-refractivity contribution in [3.63, 3.8) is 0 Å². The van der Waals surface area contributed by atoms with Gasteiger partial charge in [0, 0.05) is 38.0 Å². The molecule has 0 spiro atoms. The molecular weight excluding hydrogens is 558 g/mol. The van der Waals surface area contributed by atoms with E-state index in [1.807, 2.05) is 30.3 Å². The Kier molecular flexibility index (Phi) is 10.0. The van der Waals surface area contributed by atoms with Crippen LogP contribution in [0.3, 0.4) is 0 Å². The van der Waals surface area contributed by atoms with Gasteiger partial charge in [-0.2, -0.15) is 0 Å². The van der Waals surface area contributed by atoms with Gasteiger partial charge >= 0.3 is 6.09 Å². The number of nitrogens with one attached hydrogen (secondary N) is 3. The molecule has 1 saturated heterocycles. The van der Waals surface area contributed by atoms with E-state index in [1.54, 1.807) is 25.7 Å². The Morgan fingerprint density at radius 3 is 2.26 bits per heavy atom. The van der Waals surface area contributed by atoms with E-state index in [-0.39, 0.29) is 23.7 Å². The third-order valence-corrected chi connectivity index (χ3v) is 8.09. The van der Waals surface area contributed by atoms with Crippen LogP contribution in [-0.2, 0) is 14.3 Å². The number of benzene rings is 2. The molecule has 9 nitrogen and oxygen atoms in total. The SMILES string of the molecule is CNC(=O)c1cc(F)c(NC(=O)[C@@H]2[C@@H](c3ccccc3)CCN2C(=O)[C@H]2CC[C@H](CNC(=O)OC(C)(C)C)CC2)cc1F. The average Bonchev–Trinajstić information content (AvgIpc) is 3.42. The van der Waals surface area contributed by atoms with Gasteiger partial charge in [-0.25, -0.2) is 13.6 Å². The largest absolute Gasteiger partial charge is 0.444 e. The molecule has 1 aliphatic carbocycles. The van der Waals surface area contributed by atoms with E-state index >= 15 is 0 Å². The van der Waals surface area contributed by atoms with Crippen molar-refractivity contribution < 1.29 is 32.7 Å². The Hall–Kier alpha value is -4.02. The molecule has 3 N–H and O–H groups in total. The van der Waals surface area contributed by atoms with Crippen molar-refractivity contribution in [1.29, 1.82) is 0 Å². The van der Waals surface area contributed by atoms with Crippen LogP contribution in [0.4, 0.5) is 19.3 Å². The van der Waals surface area contributed by atoms with Gasteiger partial charge in [0.1, 0.15) is 23.3 Å². The summed E-state index contributed by atoms with van der Waals surface area (Å²) >= 11 is 0. The van der Waals surface area contributed by atoms with E-state index in [9.17, 15) is 28.0 Å². The summed E-state index contributed by atoms with van der Waals surface area (Å²) in [5, 5.41) is 7.54. The molecule has 1 saturated carbocycles. The van der Waals surface area contributed by atoms with Crippen molar-refractivity contribution in [2.45, 2.75) is 70.4 Å². The van der Waals surface area contributed by atoms with Crippen LogP contribution in [0.25, 0.3) is 0 Å². The molecule has 4 amide bonds. The van der Waals surface area contributed by atoms with Crippen molar-refractivity contribution in [3.8, 4) is 0 Å². The number of hydrogen-bond acceptors (Lipinski definition) is 5. The van der Waals surface area contributed by atoms with Crippen LogP contribution in [0.5, 0.6) is 0 Å². The first kappa shape index (κ1) is 31.9. The fraction of sp³-hybridized carbons (Fsp3) is 0.500. The van der Waals surface area contributed by atoms with Gasteiger partial charge in [0.15, 0.2) is 0 Å². The van der Waals surface area contributed by atoms with Gasteiger partial charge in [-0.15, -0.1) is 0 Å². The molecule has 11 heteroatoms. The fourth-order valence-corrected chi connectivity index (χ4v) is 5.96. The number of carbonyl (C=O) groups is 4. The third kappa shape index (κ3) is 7.88. The summed E-state index contributed by atoms with van der Waals surface area (Å²) in [6.07, 6.45) is 2.77. The Morgan fingerprint density at radius 1 is 0.953 bits per heavy atom. The zero-order chi connectivity index (χ0) is 31.3. The van der Waals surface area contributed by atoms with E-state index in [4.69, 9.17) is 4.74 Å². The number of ether oxygens (including phenoxy) is 1. The molecule has 2 aliphatic rings. The topological polar surface area (TPSA) is 117 Å². The number of likely N-dealkylation sites (tertiary alicyclic amines) is 1. The second-order valence-corrected chi connectivity index (χ2v) is 12.3. The van der Waals surface area contributed by atoms with Gasteiger partial charge in [-0.05, 0) is 70.4 Å². The normalized spacial score (nSPS) is 22.0. The minimum absolute atomic E-state index is 0.140. The molecule has 0 bridgehead atoms. The number of amides is 4. The molecule has 4 rings (SSSR count). The lowest BCUT2D eigenvalue weighted by molar-refractivity contribution is -0.141. The van der Waals surface area contributed by atoms with Gasteiger partial charge in [-0.3, -0.25) is 14.4 Å². The minimum atomic E-state index is -0.979. The molecule has 2 aromatic rings. The second-order valence-electron chi connectivity index (χ2n) is 12.3. The first-order valence-corrected chi connectivity index (χ1v) is 14.7. The van der Waals surface area contributed by atoms with Crippen molar-refractivity contribution in [2.24, 2.45) is 11.8 Å². The van der Waals surface area contributed by atoms with Gasteiger partial charge < -0.3 is 25.6 Å². The van der Waals surface area contributed by atoms with Gasteiger partial charge in [-0.1, -0.05) is 30.3 Å². The van der Waals surface area contributed by atoms with E-state index in [0.29, 0.717) is 32.4 Å². The minimum Gasteiger partial charge on any atom is -0.444 e. The number of carbonyl (C=O) groups excluding carboxylic acids is 4. The maximum absolute atomic E-state index is 14.9. The zero-order valence-corrected chi connectivity index (χ0v) is 25.0. The predicted octanol–water partition coefficient (Wildman–Crippen LogP) is 4.98. The highest BCUT2D eigenvalue weighted by atomic mass is 19.1. The van der Waals surface area contributed by atoms with E-state index in [1.165, 1.54) is 7.05 Å². The zero-order valence-electron chi connectivity index (χ0n) is 25.0. The first-order chi connectivity index (χ1) is 20.4. The van der Waals surface area contributed by atoms with Crippen molar-refractivity contribution in [1.82, 2.24) is 15.5 Å². The molecule has 232 valence electrons. The summed E-state index contributed by atoms with van der Waals surface area (Å²) in [5.41, 5.74) is -0.593. The Bertz CT molecular complexity index is 1340. The maximum atomic E-state index is 14.9. The molecule has 0 radical (unpaired) electrons. The van der Waals surface area contributed by atoms with Gasteiger partial charge in [0.25, 0.3) is 5.91 Å². The first-order valence-electron chi connectivity index (χ1n) is 14.7. The van der Waals surface area contributed by atoms with E-state index < -0.39 is 52.4 Å². The molecule has 2 aromatic carbocycles. The average molecular weight is 599 g/mol. The molecular formula is C32H40F2N4O5. The quantitative estimate of drug-likeness (QED) is 0.416. The van der Waals surface area contributed by atoms with Gasteiger partial charge in [0.2, 0.25) is 11.8 Å². The summed E-state index contributed by atoms with van der Waals surface area (Å²) in [6, 6.07) is 9.94.